The molecule has 2 rings (SSSR count). The number of hydrogen-bond donors (Lipinski definition) is 3. The molecule has 1 aromatic heterocycles. The van der Waals surface area contributed by atoms with Crippen molar-refractivity contribution in [1.82, 2.24) is 14.9 Å². The normalized spacial score (nSPS) is 22.1. The molecule has 1 aromatic rings. The van der Waals surface area contributed by atoms with Crippen LogP contribution in [0.5, 0.6) is 0 Å². The van der Waals surface area contributed by atoms with E-state index < -0.39 is 0 Å². The second kappa shape index (κ2) is 7.02. The highest BCUT2D eigenvalue weighted by Gasteiger charge is 2.32. The number of aliphatic hydroxyl groups is 1. The van der Waals surface area contributed by atoms with Gasteiger partial charge in [-0.1, -0.05) is 6.92 Å². The number of likely N-dealkylation sites (N-methyl/N-ethyl adjacent to an activating group) is 1. The van der Waals surface area contributed by atoms with Crippen molar-refractivity contribution in [3.05, 3.63) is 11.9 Å². The molecule has 2 unspecified atom stereocenters. The van der Waals surface area contributed by atoms with Crippen molar-refractivity contribution in [3.63, 3.8) is 0 Å². The first-order valence-corrected chi connectivity index (χ1v) is 7.47. The second-order valence-corrected chi connectivity index (χ2v) is 5.88. The van der Waals surface area contributed by atoms with Gasteiger partial charge in [-0.3, -0.25) is 0 Å². The van der Waals surface area contributed by atoms with Crippen LogP contribution in [0, 0.1) is 0 Å². The quantitative estimate of drug-likeness (QED) is 0.510. The minimum Gasteiger partial charge on any atom is -0.391 e. The zero-order valence-electron chi connectivity index (χ0n) is 13.1. The number of nitrogens with one attached hydrogen (secondary N) is 1. The summed E-state index contributed by atoms with van der Waals surface area (Å²) in [4.78, 5) is 13.3. The fourth-order valence-electron chi connectivity index (χ4n) is 2.81. The Morgan fingerprint density at radius 3 is 2.86 bits per heavy atom. The molecule has 1 aliphatic rings. The molecule has 21 heavy (non-hydrogen) atoms. The number of aryl methyl sites for hydroxylation is 1. The number of β-amino-alcohol motifs (C(OH)–C–C–N with tert-alkyl or cyclic N) is 1. The number of aromatic nitrogens is 2. The van der Waals surface area contributed by atoms with Crippen LogP contribution in [-0.2, 0) is 6.42 Å². The van der Waals surface area contributed by atoms with Gasteiger partial charge in [0.15, 0.2) is 0 Å². The molecule has 0 bridgehead atoms. The number of nitrogens with zero attached hydrogens (tertiary/aromatic N) is 4. The minimum atomic E-state index is -0.311. The molecule has 0 saturated carbocycles. The molecule has 0 aliphatic carbocycles. The molecular formula is C14H26N6O. The van der Waals surface area contributed by atoms with Gasteiger partial charge in [0.1, 0.15) is 17.5 Å². The number of anilines is 2. The van der Waals surface area contributed by atoms with Gasteiger partial charge in [0, 0.05) is 31.6 Å². The Hall–Kier alpha value is -1.44. The van der Waals surface area contributed by atoms with Gasteiger partial charge in [0.2, 0.25) is 0 Å². The summed E-state index contributed by atoms with van der Waals surface area (Å²) in [6, 6.07) is 2.10. The Labute approximate surface area is 126 Å². The zero-order valence-corrected chi connectivity index (χ0v) is 13.1. The Bertz CT molecular complexity index is 467. The number of nitrogens with two attached hydrogens (primary N) is 1. The highest BCUT2D eigenvalue weighted by Crippen LogP contribution is 2.26. The third-order valence-electron chi connectivity index (χ3n) is 3.64. The molecule has 2 atom stereocenters. The van der Waals surface area contributed by atoms with Gasteiger partial charge in [0.05, 0.1) is 6.10 Å². The van der Waals surface area contributed by atoms with Gasteiger partial charge >= 0.3 is 0 Å². The van der Waals surface area contributed by atoms with Crippen molar-refractivity contribution in [2.45, 2.75) is 38.3 Å². The summed E-state index contributed by atoms with van der Waals surface area (Å²) in [6.45, 7) is 3.58. The summed E-state index contributed by atoms with van der Waals surface area (Å²) in [5.74, 6) is 7.75. The Morgan fingerprint density at radius 2 is 2.24 bits per heavy atom. The van der Waals surface area contributed by atoms with E-state index in [4.69, 9.17) is 5.84 Å². The lowest BCUT2D eigenvalue weighted by Crippen LogP contribution is -2.38. The van der Waals surface area contributed by atoms with Crippen LogP contribution in [0.2, 0.25) is 0 Å². The predicted molar refractivity (Wildman–Crippen MR) is 84.1 cm³/mol. The van der Waals surface area contributed by atoms with Crippen molar-refractivity contribution < 1.29 is 5.11 Å². The fraction of sp³-hybridized carbons (Fsp3) is 0.714. The van der Waals surface area contributed by atoms with E-state index in [0.717, 1.165) is 37.4 Å². The maximum absolute atomic E-state index is 10.00. The van der Waals surface area contributed by atoms with Gasteiger partial charge in [-0.2, -0.15) is 0 Å². The highest BCUT2D eigenvalue weighted by atomic mass is 16.3. The first-order valence-electron chi connectivity index (χ1n) is 7.47. The molecule has 1 fully saturated rings. The minimum absolute atomic E-state index is 0.255. The van der Waals surface area contributed by atoms with Crippen LogP contribution in [-0.4, -0.2) is 59.3 Å². The van der Waals surface area contributed by atoms with Crippen molar-refractivity contribution in [3.8, 4) is 0 Å². The molecule has 0 spiro atoms. The molecule has 0 radical (unpaired) electrons. The summed E-state index contributed by atoms with van der Waals surface area (Å²) >= 11 is 0. The third-order valence-corrected chi connectivity index (χ3v) is 3.64. The summed E-state index contributed by atoms with van der Waals surface area (Å²) in [5.41, 5.74) is 2.61. The molecule has 118 valence electrons. The van der Waals surface area contributed by atoms with E-state index in [1.165, 1.54) is 0 Å². The average molecular weight is 294 g/mol. The van der Waals surface area contributed by atoms with Crippen molar-refractivity contribution in [2.75, 3.05) is 37.5 Å². The van der Waals surface area contributed by atoms with E-state index in [9.17, 15) is 5.11 Å². The third kappa shape index (κ3) is 4.03. The first-order chi connectivity index (χ1) is 10.0. The molecule has 1 aliphatic heterocycles. The lowest BCUT2D eigenvalue weighted by Gasteiger charge is -2.28. The number of rotatable bonds is 6. The van der Waals surface area contributed by atoms with E-state index in [2.05, 4.69) is 32.1 Å². The van der Waals surface area contributed by atoms with Crippen molar-refractivity contribution in [1.29, 1.82) is 0 Å². The summed E-state index contributed by atoms with van der Waals surface area (Å²) < 4.78 is 0. The second-order valence-electron chi connectivity index (χ2n) is 5.88. The molecule has 0 aromatic carbocycles. The smallest absolute Gasteiger partial charge is 0.145 e. The zero-order chi connectivity index (χ0) is 15.4. The van der Waals surface area contributed by atoms with Crippen LogP contribution < -0.4 is 16.2 Å². The molecular weight excluding hydrogens is 268 g/mol. The van der Waals surface area contributed by atoms with Gasteiger partial charge < -0.3 is 20.3 Å². The van der Waals surface area contributed by atoms with E-state index in [-0.39, 0.29) is 12.1 Å². The van der Waals surface area contributed by atoms with Gasteiger partial charge in [0.25, 0.3) is 0 Å². The van der Waals surface area contributed by atoms with Gasteiger partial charge in [-0.25, -0.2) is 15.8 Å². The topological polar surface area (TPSA) is 90.5 Å². The van der Waals surface area contributed by atoms with Crippen molar-refractivity contribution in [2.24, 2.45) is 5.84 Å². The summed E-state index contributed by atoms with van der Waals surface area (Å²) in [6.07, 6.45) is 2.25. The molecule has 1 saturated heterocycles. The van der Waals surface area contributed by atoms with Gasteiger partial charge in [-0.15, -0.1) is 0 Å². The predicted octanol–water partition coefficient (Wildman–Crippen LogP) is 0.216. The lowest BCUT2D eigenvalue weighted by atomic mass is 10.2. The fourth-order valence-corrected chi connectivity index (χ4v) is 2.81. The van der Waals surface area contributed by atoms with Crippen LogP contribution in [0.4, 0.5) is 11.6 Å². The first kappa shape index (κ1) is 15.9. The SMILES string of the molecule is CCCc1nc(NN)cc(N2CC(O)CC2CN(C)C)n1. The number of hydrazine groups is 1. The standard InChI is InChI=1S/C14H26N6O/c1-4-5-12-16-13(18-15)7-14(17-12)20-9-11(21)6-10(20)8-19(2)3/h7,10-11,21H,4-6,8-9,15H2,1-3H3,(H,16,17,18). The van der Waals surface area contributed by atoms with Crippen LogP contribution in [0.25, 0.3) is 0 Å². The van der Waals surface area contributed by atoms with Crippen LogP contribution in [0.15, 0.2) is 6.07 Å². The maximum Gasteiger partial charge on any atom is 0.145 e. The van der Waals surface area contributed by atoms with Crippen LogP contribution in [0.3, 0.4) is 0 Å². The summed E-state index contributed by atoms with van der Waals surface area (Å²) in [7, 11) is 4.08. The highest BCUT2D eigenvalue weighted by molar-refractivity contribution is 5.50. The number of nitrogen functional groups attached to an aromatic ring is 1. The van der Waals surface area contributed by atoms with Crippen LogP contribution >= 0.6 is 0 Å². The van der Waals surface area contributed by atoms with E-state index in [1.54, 1.807) is 0 Å². The Morgan fingerprint density at radius 1 is 1.48 bits per heavy atom. The van der Waals surface area contributed by atoms with Crippen LogP contribution in [0.1, 0.15) is 25.6 Å². The Kier molecular flexibility index (Phi) is 5.33. The molecule has 0 amide bonds. The van der Waals surface area contributed by atoms with E-state index in [1.807, 2.05) is 20.2 Å². The van der Waals surface area contributed by atoms with E-state index in [0.29, 0.717) is 12.4 Å². The Balaban J connectivity index is 2.27. The molecule has 2 heterocycles. The molecule has 4 N–H and O–H groups in total. The van der Waals surface area contributed by atoms with E-state index >= 15 is 0 Å². The molecule has 7 heteroatoms. The maximum atomic E-state index is 10.00. The van der Waals surface area contributed by atoms with Crippen molar-refractivity contribution >= 4 is 11.6 Å². The summed E-state index contributed by atoms with van der Waals surface area (Å²) in [5, 5.41) is 10.00. The lowest BCUT2D eigenvalue weighted by molar-refractivity contribution is 0.191. The number of aliphatic hydroxyl groups excluding tert-OH is 1. The average Bonchev–Trinajstić information content (AvgIpc) is 2.78. The van der Waals surface area contributed by atoms with Gasteiger partial charge in [-0.05, 0) is 26.9 Å². The monoisotopic (exact) mass is 294 g/mol. The largest absolute Gasteiger partial charge is 0.391 e. The molecule has 7 nitrogen and oxygen atoms in total. The number of hydrogen-bond acceptors (Lipinski definition) is 7.